The van der Waals surface area contributed by atoms with Gasteiger partial charge in [-0.3, -0.25) is 4.79 Å². The molecule has 1 heterocycles. The Hall–Kier alpha value is -1.15. The van der Waals surface area contributed by atoms with Crippen molar-refractivity contribution >= 4 is 92.9 Å². The predicted molar refractivity (Wildman–Crippen MR) is 104 cm³/mol. The van der Waals surface area contributed by atoms with E-state index in [1.807, 2.05) is 0 Å². The topological polar surface area (TPSA) is 94.3 Å². The maximum Gasteiger partial charge on any atom is 0.359 e. The Labute approximate surface area is 177 Å². The second-order valence-electron chi connectivity index (χ2n) is 4.66. The van der Waals surface area contributed by atoms with Crippen LogP contribution in [0.5, 0.6) is 0 Å². The molecule has 2 aromatic rings. The first kappa shape index (κ1) is 21.2. The van der Waals surface area contributed by atoms with Gasteiger partial charge in [-0.05, 0) is 12.1 Å². The van der Waals surface area contributed by atoms with Gasteiger partial charge in [-0.25, -0.2) is 9.78 Å². The number of halogens is 6. The molecule has 1 aromatic heterocycles. The molecule has 138 valence electrons. The molecule has 1 amide bonds. The fourth-order valence-corrected chi connectivity index (χ4v) is 2.85. The van der Waals surface area contributed by atoms with Crippen molar-refractivity contribution < 1.29 is 14.3 Å². The molecule has 0 bridgehead atoms. The first-order valence-corrected chi connectivity index (χ1v) is 8.80. The summed E-state index contributed by atoms with van der Waals surface area (Å²) in [5.41, 5.74) is 5.29. The van der Waals surface area contributed by atoms with Crippen LogP contribution in [0.25, 0.3) is 0 Å². The minimum absolute atomic E-state index is 0.0970. The summed E-state index contributed by atoms with van der Waals surface area (Å²) in [7, 11) is 0. The number of hydrogen-bond acceptors (Lipinski definition) is 5. The maximum atomic E-state index is 12.0. The highest BCUT2D eigenvalue weighted by molar-refractivity contribution is 6.46. The van der Waals surface area contributed by atoms with E-state index in [1.165, 1.54) is 12.1 Å². The van der Waals surface area contributed by atoms with Crippen LogP contribution in [-0.2, 0) is 9.53 Å². The van der Waals surface area contributed by atoms with Gasteiger partial charge in [-0.15, -0.1) is 0 Å². The van der Waals surface area contributed by atoms with Crippen molar-refractivity contribution in [2.75, 3.05) is 17.7 Å². The number of nitrogens with zero attached hydrogens (tertiary/aromatic N) is 1. The zero-order valence-electron chi connectivity index (χ0n) is 12.4. The van der Waals surface area contributed by atoms with Crippen LogP contribution in [0.2, 0.25) is 30.3 Å². The Morgan fingerprint density at radius 3 is 2.27 bits per heavy atom. The Morgan fingerprint density at radius 1 is 1.00 bits per heavy atom. The van der Waals surface area contributed by atoms with Crippen molar-refractivity contribution in [2.45, 2.75) is 0 Å². The highest BCUT2D eigenvalue weighted by atomic mass is 35.5. The van der Waals surface area contributed by atoms with Gasteiger partial charge in [0.25, 0.3) is 5.91 Å². The lowest BCUT2D eigenvalue weighted by molar-refractivity contribution is -0.119. The zero-order valence-corrected chi connectivity index (χ0v) is 16.9. The number of hydrogen-bond donors (Lipinski definition) is 2. The summed E-state index contributed by atoms with van der Waals surface area (Å²) in [5, 5.41) is 2.41. The van der Waals surface area contributed by atoms with Gasteiger partial charge in [-0.1, -0.05) is 69.6 Å². The standard InChI is InChI=1S/C14H7Cl6N3O3/c15-4-1-6(17)7(2-5(4)16)22-8(24)3-26-14(25)12-9(18)11(21)10(19)13(20)23-12/h1-2H,3H2,(H2,21,23)(H,22,24). The van der Waals surface area contributed by atoms with Crippen LogP contribution < -0.4 is 11.1 Å². The van der Waals surface area contributed by atoms with Crippen molar-refractivity contribution in [3.63, 3.8) is 0 Å². The number of nitrogens with two attached hydrogens (primary N) is 1. The quantitative estimate of drug-likeness (QED) is 0.350. The highest BCUT2D eigenvalue weighted by Gasteiger charge is 2.22. The average Bonchev–Trinajstić information content (AvgIpc) is 2.58. The Morgan fingerprint density at radius 2 is 1.62 bits per heavy atom. The molecule has 0 fully saturated rings. The monoisotopic (exact) mass is 475 g/mol. The van der Waals surface area contributed by atoms with E-state index in [2.05, 4.69) is 10.3 Å². The van der Waals surface area contributed by atoms with Gasteiger partial charge in [0.1, 0.15) is 5.02 Å². The zero-order chi connectivity index (χ0) is 19.6. The second kappa shape index (κ2) is 8.69. The fraction of sp³-hybridized carbons (Fsp3) is 0.0714. The normalized spacial score (nSPS) is 10.5. The number of carbonyl (C=O) groups excluding carboxylic acids is 2. The first-order valence-electron chi connectivity index (χ1n) is 6.53. The van der Waals surface area contributed by atoms with E-state index in [0.717, 1.165) is 0 Å². The third-order valence-electron chi connectivity index (χ3n) is 2.88. The van der Waals surface area contributed by atoms with Gasteiger partial charge in [0.05, 0.1) is 31.5 Å². The van der Waals surface area contributed by atoms with E-state index in [4.69, 9.17) is 80.1 Å². The largest absolute Gasteiger partial charge is 0.451 e. The number of esters is 1. The molecule has 1 aromatic carbocycles. The highest BCUT2D eigenvalue weighted by Crippen LogP contribution is 2.35. The summed E-state index contributed by atoms with van der Waals surface area (Å²) in [6.07, 6.45) is 0. The molecule has 0 aliphatic carbocycles. The van der Waals surface area contributed by atoms with Crippen molar-refractivity contribution in [3.05, 3.63) is 48.1 Å². The van der Waals surface area contributed by atoms with Crippen molar-refractivity contribution in [3.8, 4) is 0 Å². The molecule has 6 nitrogen and oxygen atoms in total. The van der Waals surface area contributed by atoms with E-state index in [9.17, 15) is 9.59 Å². The number of pyridine rings is 1. The SMILES string of the molecule is Nc1c(Cl)c(Cl)nc(C(=O)OCC(=O)Nc2cc(Cl)c(Cl)cc2Cl)c1Cl. The van der Waals surface area contributed by atoms with E-state index >= 15 is 0 Å². The number of nitrogens with one attached hydrogen (secondary N) is 1. The fourth-order valence-electron chi connectivity index (χ4n) is 1.67. The first-order chi connectivity index (χ1) is 12.1. The number of aromatic nitrogens is 1. The lowest BCUT2D eigenvalue weighted by Crippen LogP contribution is -2.22. The number of anilines is 2. The molecule has 0 aliphatic heterocycles. The molecule has 0 atom stereocenters. The molecule has 0 radical (unpaired) electrons. The average molecular weight is 478 g/mol. The van der Waals surface area contributed by atoms with Crippen LogP contribution in [0.15, 0.2) is 12.1 Å². The Kier molecular flexibility index (Phi) is 7.07. The summed E-state index contributed by atoms with van der Waals surface area (Å²) in [6, 6.07) is 2.71. The number of nitrogen functional groups attached to an aromatic ring is 1. The van der Waals surface area contributed by atoms with Crippen molar-refractivity contribution in [1.82, 2.24) is 4.98 Å². The van der Waals surface area contributed by atoms with E-state index in [1.54, 1.807) is 0 Å². The molecular formula is C14H7Cl6N3O3. The molecule has 26 heavy (non-hydrogen) atoms. The van der Waals surface area contributed by atoms with Crippen molar-refractivity contribution in [1.29, 1.82) is 0 Å². The van der Waals surface area contributed by atoms with Gasteiger partial charge in [0.15, 0.2) is 17.5 Å². The number of carbonyl (C=O) groups is 2. The Balaban J connectivity index is 2.06. The minimum atomic E-state index is -1.02. The molecule has 0 spiro atoms. The second-order valence-corrected chi connectivity index (χ2v) is 7.00. The summed E-state index contributed by atoms with van der Waals surface area (Å²) in [4.78, 5) is 27.6. The van der Waals surface area contributed by atoms with Crippen molar-refractivity contribution in [2.24, 2.45) is 0 Å². The van der Waals surface area contributed by atoms with E-state index in [0.29, 0.717) is 0 Å². The summed E-state index contributed by atoms with van der Waals surface area (Å²) in [5.74, 6) is -1.71. The van der Waals surface area contributed by atoms with Crippen LogP contribution in [0, 0.1) is 0 Å². The molecule has 0 unspecified atom stereocenters. The number of ether oxygens (including phenoxy) is 1. The molecule has 0 aliphatic rings. The summed E-state index contributed by atoms with van der Waals surface area (Å²) in [6.45, 7) is -0.659. The van der Waals surface area contributed by atoms with Crippen LogP contribution in [0.3, 0.4) is 0 Å². The third-order valence-corrected chi connectivity index (χ3v) is 5.05. The smallest absolute Gasteiger partial charge is 0.359 e. The molecule has 0 saturated heterocycles. The van der Waals surface area contributed by atoms with Crippen LogP contribution in [0.1, 0.15) is 10.5 Å². The minimum Gasteiger partial charge on any atom is -0.451 e. The lowest BCUT2D eigenvalue weighted by atomic mass is 10.3. The molecule has 3 N–H and O–H groups in total. The molecule has 2 rings (SSSR count). The Bertz CT molecular complexity index is 906. The van der Waals surface area contributed by atoms with Gasteiger partial charge < -0.3 is 15.8 Å². The van der Waals surface area contributed by atoms with Gasteiger partial charge >= 0.3 is 5.97 Å². The molecule has 0 saturated carbocycles. The summed E-state index contributed by atoms with van der Waals surface area (Å²) < 4.78 is 4.83. The van der Waals surface area contributed by atoms with E-state index in [-0.39, 0.29) is 47.3 Å². The number of benzene rings is 1. The van der Waals surface area contributed by atoms with Crippen LogP contribution >= 0.6 is 69.6 Å². The van der Waals surface area contributed by atoms with E-state index < -0.39 is 18.5 Å². The van der Waals surface area contributed by atoms with Crippen LogP contribution in [0.4, 0.5) is 11.4 Å². The third kappa shape index (κ3) is 4.76. The molecule has 12 heteroatoms. The van der Waals surface area contributed by atoms with Gasteiger partial charge in [0.2, 0.25) is 0 Å². The lowest BCUT2D eigenvalue weighted by Gasteiger charge is -2.10. The van der Waals surface area contributed by atoms with Gasteiger partial charge in [0, 0.05) is 0 Å². The number of amides is 1. The predicted octanol–water partition coefficient (Wildman–Crippen LogP) is 5.38. The van der Waals surface area contributed by atoms with Gasteiger partial charge in [-0.2, -0.15) is 0 Å². The molecular weight excluding hydrogens is 471 g/mol. The summed E-state index contributed by atoms with van der Waals surface area (Å²) >= 11 is 35.0. The maximum absolute atomic E-state index is 12.0. The number of rotatable bonds is 4. The van der Waals surface area contributed by atoms with Crippen LogP contribution in [-0.4, -0.2) is 23.5 Å².